The molecule has 0 aliphatic carbocycles. The molecule has 0 saturated heterocycles. The van der Waals surface area contributed by atoms with Crippen molar-refractivity contribution < 1.29 is 13.2 Å². The highest BCUT2D eigenvalue weighted by atomic mass is 32.2. The molecule has 124 valence electrons. The molecule has 0 radical (unpaired) electrons. The van der Waals surface area contributed by atoms with Crippen molar-refractivity contribution >= 4 is 15.9 Å². The highest BCUT2D eigenvalue weighted by molar-refractivity contribution is 7.89. The van der Waals surface area contributed by atoms with Gasteiger partial charge in [-0.2, -0.15) is 0 Å². The zero-order chi connectivity index (χ0) is 17.0. The van der Waals surface area contributed by atoms with Gasteiger partial charge in [-0.1, -0.05) is 32.9 Å². The van der Waals surface area contributed by atoms with Gasteiger partial charge in [0.05, 0.1) is 4.90 Å². The molecule has 0 fully saturated rings. The molecule has 0 atom stereocenters. The third-order valence-electron chi connectivity index (χ3n) is 3.56. The fourth-order valence-electron chi connectivity index (χ4n) is 1.88. The average Bonchev–Trinajstić information content (AvgIpc) is 2.45. The van der Waals surface area contributed by atoms with Crippen LogP contribution in [0.5, 0.6) is 0 Å². The van der Waals surface area contributed by atoms with Crippen LogP contribution < -0.4 is 4.72 Å². The van der Waals surface area contributed by atoms with E-state index in [0.29, 0.717) is 6.54 Å². The van der Waals surface area contributed by atoms with Crippen molar-refractivity contribution in [3.05, 3.63) is 29.8 Å². The summed E-state index contributed by atoms with van der Waals surface area (Å²) in [6, 6.07) is 6.85. The standard InChI is InChI=1S/C16H26N2O3S/c1-6-18(5)15(19)11-12-17-22(20,21)14-9-7-13(8-10-14)16(2,3)4/h7-10,17H,6,11-12H2,1-5H3. The molecule has 1 aromatic carbocycles. The van der Waals surface area contributed by atoms with Gasteiger partial charge >= 0.3 is 0 Å². The first kappa shape index (κ1) is 18.6. The molecule has 0 unspecified atom stereocenters. The van der Waals surface area contributed by atoms with E-state index in [1.807, 2.05) is 19.1 Å². The number of nitrogens with zero attached hydrogens (tertiary/aromatic N) is 1. The number of sulfonamides is 1. The van der Waals surface area contributed by atoms with Gasteiger partial charge in [0.2, 0.25) is 15.9 Å². The minimum atomic E-state index is -3.57. The topological polar surface area (TPSA) is 66.5 Å². The maximum Gasteiger partial charge on any atom is 0.240 e. The van der Waals surface area contributed by atoms with E-state index in [9.17, 15) is 13.2 Å². The van der Waals surface area contributed by atoms with E-state index in [1.54, 1.807) is 24.1 Å². The summed E-state index contributed by atoms with van der Waals surface area (Å²) in [6.45, 7) is 8.81. The summed E-state index contributed by atoms with van der Waals surface area (Å²) in [5.41, 5.74) is 1.05. The second-order valence-electron chi connectivity index (χ2n) is 6.33. The van der Waals surface area contributed by atoms with E-state index in [2.05, 4.69) is 25.5 Å². The van der Waals surface area contributed by atoms with Gasteiger partial charge < -0.3 is 4.90 Å². The Morgan fingerprint density at radius 1 is 1.18 bits per heavy atom. The Morgan fingerprint density at radius 2 is 1.73 bits per heavy atom. The van der Waals surface area contributed by atoms with Crippen molar-refractivity contribution in [2.75, 3.05) is 20.1 Å². The van der Waals surface area contributed by atoms with Gasteiger partial charge in [-0.3, -0.25) is 4.79 Å². The molecule has 6 heteroatoms. The Labute approximate surface area is 133 Å². The smallest absolute Gasteiger partial charge is 0.240 e. The molecule has 0 aromatic heterocycles. The normalized spacial score (nSPS) is 12.2. The summed E-state index contributed by atoms with van der Waals surface area (Å²) in [7, 11) is -1.87. The molecule has 5 nitrogen and oxygen atoms in total. The first-order valence-corrected chi connectivity index (χ1v) is 8.90. The lowest BCUT2D eigenvalue weighted by Crippen LogP contribution is -2.32. The molecule has 0 saturated carbocycles. The van der Waals surface area contributed by atoms with Crippen molar-refractivity contribution in [3.63, 3.8) is 0 Å². The number of amides is 1. The van der Waals surface area contributed by atoms with Crippen molar-refractivity contribution in [2.24, 2.45) is 0 Å². The van der Waals surface area contributed by atoms with Crippen LogP contribution in [-0.4, -0.2) is 39.4 Å². The summed E-state index contributed by atoms with van der Waals surface area (Å²) in [4.78, 5) is 13.4. The molecule has 22 heavy (non-hydrogen) atoms. The van der Waals surface area contributed by atoms with Crippen LogP contribution >= 0.6 is 0 Å². The first-order chi connectivity index (χ1) is 10.1. The molecule has 0 spiro atoms. The summed E-state index contributed by atoms with van der Waals surface area (Å²) < 4.78 is 26.8. The number of benzene rings is 1. The first-order valence-electron chi connectivity index (χ1n) is 7.42. The second-order valence-corrected chi connectivity index (χ2v) is 8.10. The summed E-state index contributed by atoms with van der Waals surface area (Å²) >= 11 is 0. The van der Waals surface area contributed by atoms with E-state index < -0.39 is 10.0 Å². The fraction of sp³-hybridized carbons (Fsp3) is 0.562. The number of nitrogens with one attached hydrogen (secondary N) is 1. The minimum Gasteiger partial charge on any atom is -0.346 e. The highest BCUT2D eigenvalue weighted by Crippen LogP contribution is 2.23. The average molecular weight is 326 g/mol. The molecule has 0 heterocycles. The molecule has 0 aliphatic rings. The zero-order valence-electron chi connectivity index (χ0n) is 14.0. The van der Waals surface area contributed by atoms with Crippen LogP contribution in [0.3, 0.4) is 0 Å². The number of hydrogen-bond acceptors (Lipinski definition) is 3. The number of carbonyl (C=O) groups is 1. The maximum absolute atomic E-state index is 12.2. The molecule has 0 aliphatic heterocycles. The minimum absolute atomic E-state index is 0.0210. The summed E-state index contributed by atoms with van der Waals surface area (Å²) in [5, 5.41) is 0. The lowest BCUT2D eigenvalue weighted by molar-refractivity contribution is -0.129. The Morgan fingerprint density at radius 3 is 2.18 bits per heavy atom. The van der Waals surface area contributed by atoms with Gasteiger partial charge in [0.15, 0.2) is 0 Å². The SMILES string of the molecule is CCN(C)C(=O)CCNS(=O)(=O)c1ccc(C(C)(C)C)cc1. The Hall–Kier alpha value is -1.40. The Kier molecular flexibility index (Phi) is 6.14. The molecule has 1 aromatic rings. The molecule has 0 bridgehead atoms. The number of rotatable bonds is 6. The van der Waals surface area contributed by atoms with Gasteiger partial charge in [-0.15, -0.1) is 0 Å². The van der Waals surface area contributed by atoms with Crippen molar-refractivity contribution in [2.45, 2.75) is 44.4 Å². The predicted octanol–water partition coefficient (Wildman–Crippen LogP) is 2.13. The Balaban J connectivity index is 2.69. The lowest BCUT2D eigenvalue weighted by atomic mass is 9.87. The van der Waals surface area contributed by atoms with Crippen molar-refractivity contribution in [3.8, 4) is 0 Å². The van der Waals surface area contributed by atoms with E-state index in [0.717, 1.165) is 5.56 Å². The Bertz CT molecular complexity index is 601. The van der Waals surface area contributed by atoms with E-state index in [-0.39, 0.29) is 29.2 Å². The maximum atomic E-state index is 12.2. The van der Waals surface area contributed by atoms with Gasteiger partial charge in [0.25, 0.3) is 0 Å². The lowest BCUT2D eigenvalue weighted by Gasteiger charge is -2.19. The monoisotopic (exact) mass is 326 g/mol. The largest absolute Gasteiger partial charge is 0.346 e. The van der Waals surface area contributed by atoms with Crippen LogP contribution in [0.1, 0.15) is 39.7 Å². The van der Waals surface area contributed by atoms with Crippen LogP contribution in [0, 0.1) is 0 Å². The predicted molar refractivity (Wildman–Crippen MR) is 88.3 cm³/mol. The number of hydrogen-bond donors (Lipinski definition) is 1. The van der Waals surface area contributed by atoms with Gasteiger partial charge in [-0.25, -0.2) is 13.1 Å². The third-order valence-corrected chi connectivity index (χ3v) is 5.04. The van der Waals surface area contributed by atoms with Crippen LogP contribution in [0.2, 0.25) is 0 Å². The van der Waals surface area contributed by atoms with Crippen molar-refractivity contribution in [1.29, 1.82) is 0 Å². The fourth-order valence-corrected chi connectivity index (χ4v) is 2.91. The quantitative estimate of drug-likeness (QED) is 0.871. The van der Waals surface area contributed by atoms with Crippen LogP contribution in [0.4, 0.5) is 0 Å². The van der Waals surface area contributed by atoms with Gasteiger partial charge in [0, 0.05) is 26.6 Å². The molecule has 1 N–H and O–H groups in total. The molecule has 1 amide bonds. The molecule has 1 rings (SSSR count). The molecular formula is C16H26N2O3S. The van der Waals surface area contributed by atoms with Crippen LogP contribution in [-0.2, 0) is 20.2 Å². The summed E-state index contributed by atoms with van der Waals surface area (Å²) in [6.07, 6.45) is 0.156. The van der Waals surface area contributed by atoms with Gasteiger partial charge in [0.1, 0.15) is 0 Å². The summed E-state index contributed by atoms with van der Waals surface area (Å²) in [5.74, 6) is -0.0757. The van der Waals surface area contributed by atoms with E-state index in [1.165, 1.54) is 0 Å². The van der Waals surface area contributed by atoms with E-state index in [4.69, 9.17) is 0 Å². The van der Waals surface area contributed by atoms with E-state index >= 15 is 0 Å². The molecular weight excluding hydrogens is 300 g/mol. The third kappa shape index (κ3) is 5.10. The second kappa shape index (κ2) is 7.24. The zero-order valence-corrected chi connectivity index (χ0v) is 14.8. The van der Waals surface area contributed by atoms with Crippen LogP contribution in [0.25, 0.3) is 0 Å². The van der Waals surface area contributed by atoms with Crippen molar-refractivity contribution in [1.82, 2.24) is 9.62 Å². The number of carbonyl (C=O) groups excluding carboxylic acids is 1. The highest BCUT2D eigenvalue weighted by Gasteiger charge is 2.17. The van der Waals surface area contributed by atoms with Crippen LogP contribution in [0.15, 0.2) is 29.2 Å². The van der Waals surface area contributed by atoms with Gasteiger partial charge in [-0.05, 0) is 30.0 Å².